The first-order valence-electron chi connectivity index (χ1n) is 5.98. The average molecular weight is 289 g/mol. The van der Waals surface area contributed by atoms with Crippen molar-refractivity contribution in [3.8, 4) is 22.8 Å². The first-order valence-corrected chi connectivity index (χ1v) is 5.98. The smallest absolute Gasteiger partial charge is 0.271 e. The molecule has 0 bridgehead atoms. The molecule has 1 aromatic carbocycles. The first kappa shape index (κ1) is 12.9. The Morgan fingerprint density at radius 3 is 2.67 bits per heavy atom. The summed E-state index contributed by atoms with van der Waals surface area (Å²) < 4.78 is 10.5. The number of primary amides is 1. The molecule has 0 unspecified atom stereocenters. The van der Waals surface area contributed by atoms with Crippen molar-refractivity contribution < 1.29 is 19.1 Å². The van der Waals surface area contributed by atoms with Gasteiger partial charge in [-0.15, -0.1) is 0 Å². The highest BCUT2D eigenvalue weighted by Gasteiger charge is 2.23. The molecule has 0 atom stereocenters. The van der Waals surface area contributed by atoms with Gasteiger partial charge in [0.05, 0.1) is 5.69 Å². The summed E-state index contributed by atoms with van der Waals surface area (Å²) >= 11 is 0. The normalized spacial score (nSPS) is 12.2. The van der Waals surface area contributed by atoms with Crippen LogP contribution in [0.2, 0.25) is 0 Å². The first-order chi connectivity index (χ1) is 10.1. The zero-order valence-corrected chi connectivity index (χ0v) is 11.0. The van der Waals surface area contributed by atoms with Gasteiger partial charge in [-0.25, -0.2) is 0 Å². The second kappa shape index (κ2) is 4.78. The molecule has 4 N–H and O–H groups in total. The summed E-state index contributed by atoms with van der Waals surface area (Å²) in [4.78, 5) is 22.7. The lowest BCUT2D eigenvalue weighted by Gasteiger charge is -2.10. The van der Waals surface area contributed by atoms with E-state index in [0.29, 0.717) is 22.7 Å². The van der Waals surface area contributed by atoms with Gasteiger partial charge in [0.15, 0.2) is 17.2 Å². The molecule has 0 saturated carbocycles. The van der Waals surface area contributed by atoms with Crippen LogP contribution in [0.5, 0.6) is 11.5 Å². The van der Waals surface area contributed by atoms with Crippen molar-refractivity contribution >= 4 is 17.5 Å². The fourth-order valence-electron chi connectivity index (χ4n) is 2.02. The molecule has 0 radical (unpaired) electrons. The number of benzene rings is 1. The summed E-state index contributed by atoms with van der Waals surface area (Å²) in [5.74, 6) is -0.0337. The van der Waals surface area contributed by atoms with E-state index in [1.807, 2.05) is 0 Å². The third-order valence-corrected chi connectivity index (χ3v) is 2.86. The number of nitrogens with zero attached hydrogens (tertiary/aromatic N) is 2. The summed E-state index contributed by atoms with van der Waals surface area (Å²) in [5.41, 5.74) is 6.33. The van der Waals surface area contributed by atoms with Crippen molar-refractivity contribution in [2.24, 2.45) is 5.73 Å². The van der Waals surface area contributed by atoms with Gasteiger partial charge in [-0.1, -0.05) is 0 Å². The minimum Gasteiger partial charge on any atom is -0.454 e. The van der Waals surface area contributed by atoms with Gasteiger partial charge in [-0.3, -0.25) is 9.59 Å². The molecule has 2 aromatic rings. The fourth-order valence-corrected chi connectivity index (χ4v) is 2.02. The summed E-state index contributed by atoms with van der Waals surface area (Å²) in [6.07, 6.45) is 0. The number of nitrogens with one attached hydrogen (secondary N) is 2. The van der Waals surface area contributed by atoms with Crippen LogP contribution in [0.4, 0.5) is 5.69 Å². The average Bonchev–Trinajstić information content (AvgIpc) is 3.04. The standard InChI is InChI=1S/C12H11N5O4/c1-5(18)14-7-3-9-8(20-4-21-9)2-6(7)10-11(12(13)19)16-17-15-10/h2-3H,4H2,1H3,(H2,13,19)(H,14,18)(H,15,16,17). The van der Waals surface area contributed by atoms with Crippen molar-refractivity contribution in [3.05, 3.63) is 17.8 Å². The highest BCUT2D eigenvalue weighted by molar-refractivity contribution is 6.01. The highest BCUT2D eigenvalue weighted by atomic mass is 16.7. The van der Waals surface area contributed by atoms with E-state index in [1.54, 1.807) is 12.1 Å². The van der Waals surface area contributed by atoms with Crippen LogP contribution in [-0.2, 0) is 4.79 Å². The van der Waals surface area contributed by atoms with Gasteiger partial charge < -0.3 is 20.5 Å². The van der Waals surface area contributed by atoms with Gasteiger partial charge >= 0.3 is 0 Å². The van der Waals surface area contributed by atoms with Crippen molar-refractivity contribution in [3.63, 3.8) is 0 Å². The largest absolute Gasteiger partial charge is 0.454 e. The topological polar surface area (TPSA) is 132 Å². The maximum absolute atomic E-state index is 11.4. The van der Waals surface area contributed by atoms with E-state index in [9.17, 15) is 9.59 Å². The molecule has 3 rings (SSSR count). The SMILES string of the molecule is CC(=O)Nc1cc2c(cc1-c1n[nH]nc1C(N)=O)OCO2. The number of amides is 2. The Balaban J connectivity index is 2.18. The number of anilines is 1. The molecule has 2 heterocycles. The maximum Gasteiger partial charge on any atom is 0.271 e. The second-order valence-corrected chi connectivity index (χ2v) is 4.32. The molecule has 0 spiro atoms. The summed E-state index contributed by atoms with van der Waals surface area (Å²) in [6, 6.07) is 3.20. The van der Waals surface area contributed by atoms with Crippen LogP contribution >= 0.6 is 0 Å². The number of ether oxygens (including phenoxy) is 2. The van der Waals surface area contributed by atoms with Gasteiger partial charge in [0, 0.05) is 18.6 Å². The van der Waals surface area contributed by atoms with E-state index >= 15 is 0 Å². The predicted octanol–water partition coefficient (Wildman–Crippen LogP) is 0.258. The van der Waals surface area contributed by atoms with Crippen LogP contribution in [0.25, 0.3) is 11.3 Å². The lowest BCUT2D eigenvalue weighted by atomic mass is 10.1. The third-order valence-electron chi connectivity index (χ3n) is 2.86. The predicted molar refractivity (Wildman–Crippen MR) is 70.8 cm³/mol. The molecule has 0 aliphatic carbocycles. The van der Waals surface area contributed by atoms with Crippen molar-refractivity contribution in [2.75, 3.05) is 12.1 Å². The Morgan fingerprint density at radius 1 is 1.29 bits per heavy atom. The Morgan fingerprint density at radius 2 is 2.00 bits per heavy atom. The van der Waals surface area contributed by atoms with Crippen molar-refractivity contribution in [1.29, 1.82) is 0 Å². The van der Waals surface area contributed by atoms with Crippen LogP contribution < -0.4 is 20.5 Å². The van der Waals surface area contributed by atoms with E-state index in [2.05, 4.69) is 20.7 Å². The molecular formula is C12H11N5O4. The van der Waals surface area contributed by atoms with Crippen LogP contribution in [-0.4, -0.2) is 34.0 Å². The molecule has 108 valence electrons. The molecule has 2 amide bonds. The number of nitrogens with two attached hydrogens (primary N) is 1. The number of hydrogen-bond acceptors (Lipinski definition) is 6. The van der Waals surface area contributed by atoms with Gasteiger partial charge in [-0.05, 0) is 6.07 Å². The summed E-state index contributed by atoms with van der Waals surface area (Å²) in [6.45, 7) is 1.45. The van der Waals surface area contributed by atoms with E-state index in [4.69, 9.17) is 15.2 Å². The molecule has 21 heavy (non-hydrogen) atoms. The minimum absolute atomic E-state index is 0.0273. The zero-order valence-electron chi connectivity index (χ0n) is 11.0. The quantitative estimate of drug-likeness (QED) is 0.742. The van der Waals surface area contributed by atoms with E-state index < -0.39 is 5.91 Å². The number of fused-ring (bicyclic) bond motifs is 1. The molecule has 1 aliphatic rings. The lowest BCUT2D eigenvalue weighted by Crippen LogP contribution is -2.13. The van der Waals surface area contributed by atoms with Crippen LogP contribution in [0.1, 0.15) is 17.4 Å². The summed E-state index contributed by atoms with van der Waals surface area (Å²) in [7, 11) is 0. The molecule has 9 heteroatoms. The Labute approximate surface area is 118 Å². The monoisotopic (exact) mass is 289 g/mol. The number of H-pyrrole nitrogens is 1. The van der Waals surface area contributed by atoms with Gasteiger partial charge in [0.25, 0.3) is 5.91 Å². The zero-order chi connectivity index (χ0) is 15.0. The van der Waals surface area contributed by atoms with Crippen molar-refractivity contribution in [2.45, 2.75) is 6.92 Å². The third kappa shape index (κ3) is 2.24. The van der Waals surface area contributed by atoms with E-state index in [1.165, 1.54) is 6.92 Å². The number of aromatic nitrogens is 3. The fraction of sp³-hybridized carbons (Fsp3) is 0.167. The van der Waals surface area contributed by atoms with Gasteiger partial charge in [0.2, 0.25) is 12.7 Å². The second-order valence-electron chi connectivity index (χ2n) is 4.32. The van der Waals surface area contributed by atoms with Crippen LogP contribution in [0, 0.1) is 0 Å². The van der Waals surface area contributed by atoms with Gasteiger partial charge in [0.1, 0.15) is 5.69 Å². The molecule has 1 aliphatic heterocycles. The molecule has 1 aromatic heterocycles. The number of rotatable bonds is 3. The van der Waals surface area contributed by atoms with Gasteiger partial charge in [-0.2, -0.15) is 15.4 Å². The van der Waals surface area contributed by atoms with Crippen LogP contribution in [0.3, 0.4) is 0 Å². The molecule has 9 nitrogen and oxygen atoms in total. The van der Waals surface area contributed by atoms with E-state index in [-0.39, 0.29) is 24.1 Å². The Bertz CT molecular complexity index is 739. The number of carbonyl (C=O) groups excluding carboxylic acids is 2. The molecular weight excluding hydrogens is 278 g/mol. The summed E-state index contributed by atoms with van der Waals surface area (Å²) in [5, 5.41) is 12.6. The Hall–Kier alpha value is -3.10. The number of carbonyl (C=O) groups is 2. The maximum atomic E-state index is 11.4. The van der Waals surface area contributed by atoms with Crippen LogP contribution in [0.15, 0.2) is 12.1 Å². The molecule has 0 saturated heterocycles. The minimum atomic E-state index is -0.731. The Kier molecular flexibility index (Phi) is 2.94. The van der Waals surface area contributed by atoms with E-state index in [0.717, 1.165) is 0 Å². The highest BCUT2D eigenvalue weighted by Crippen LogP contribution is 2.41. The molecule has 0 fully saturated rings. The lowest BCUT2D eigenvalue weighted by molar-refractivity contribution is -0.114. The number of hydrogen-bond donors (Lipinski definition) is 3. The number of aromatic amines is 1. The van der Waals surface area contributed by atoms with Crippen molar-refractivity contribution in [1.82, 2.24) is 15.4 Å².